The number of carbonyl (C=O) groups excluding carboxylic acids is 2. The molecular formula is C14H17F2NO3. The van der Waals surface area contributed by atoms with Crippen molar-refractivity contribution in [3.05, 3.63) is 34.9 Å². The number of aryl methyl sites for hydroxylation is 1. The van der Waals surface area contributed by atoms with Crippen LogP contribution in [0.3, 0.4) is 0 Å². The van der Waals surface area contributed by atoms with Crippen LogP contribution in [0.1, 0.15) is 29.8 Å². The molecule has 1 aromatic carbocycles. The molecule has 20 heavy (non-hydrogen) atoms. The molecule has 1 amide bonds. The van der Waals surface area contributed by atoms with Crippen LogP contribution in [0.15, 0.2) is 12.1 Å². The highest BCUT2D eigenvalue weighted by atomic mass is 19.1. The second kappa shape index (κ2) is 6.45. The first-order valence-electron chi connectivity index (χ1n) is 6.12. The van der Waals surface area contributed by atoms with Crippen molar-refractivity contribution in [2.24, 2.45) is 5.92 Å². The van der Waals surface area contributed by atoms with Crippen LogP contribution in [0.2, 0.25) is 0 Å². The summed E-state index contributed by atoms with van der Waals surface area (Å²) >= 11 is 0. The molecule has 0 spiro atoms. The van der Waals surface area contributed by atoms with Gasteiger partial charge in [-0.3, -0.25) is 4.79 Å². The zero-order chi connectivity index (χ0) is 15.4. The van der Waals surface area contributed by atoms with Gasteiger partial charge in [-0.1, -0.05) is 19.9 Å². The number of methoxy groups -OCH3 is 1. The Morgan fingerprint density at radius 3 is 2.35 bits per heavy atom. The molecule has 1 rings (SSSR count). The fraction of sp³-hybridized carbons (Fsp3) is 0.429. The van der Waals surface area contributed by atoms with Crippen molar-refractivity contribution in [2.75, 3.05) is 7.11 Å². The van der Waals surface area contributed by atoms with E-state index in [1.807, 2.05) is 0 Å². The summed E-state index contributed by atoms with van der Waals surface area (Å²) in [5.74, 6) is -3.83. The maximum absolute atomic E-state index is 13.8. The fourth-order valence-electron chi connectivity index (χ4n) is 1.70. The molecule has 1 aromatic rings. The van der Waals surface area contributed by atoms with Crippen molar-refractivity contribution in [2.45, 2.75) is 26.8 Å². The van der Waals surface area contributed by atoms with E-state index in [1.54, 1.807) is 13.8 Å². The lowest BCUT2D eigenvalue weighted by atomic mass is 10.0. The third-order valence-electron chi connectivity index (χ3n) is 2.92. The first-order valence-corrected chi connectivity index (χ1v) is 6.12. The molecule has 1 unspecified atom stereocenters. The van der Waals surface area contributed by atoms with Crippen LogP contribution in [0, 0.1) is 24.5 Å². The van der Waals surface area contributed by atoms with Gasteiger partial charge < -0.3 is 10.1 Å². The van der Waals surface area contributed by atoms with Gasteiger partial charge in [-0.15, -0.1) is 0 Å². The average Bonchev–Trinajstić information content (AvgIpc) is 2.39. The zero-order valence-electron chi connectivity index (χ0n) is 11.8. The molecule has 0 heterocycles. The number of amides is 1. The highest BCUT2D eigenvalue weighted by Gasteiger charge is 2.28. The molecule has 110 valence electrons. The van der Waals surface area contributed by atoms with Gasteiger partial charge in [0.1, 0.15) is 23.2 Å². The molecule has 0 saturated heterocycles. The van der Waals surface area contributed by atoms with E-state index < -0.39 is 35.1 Å². The van der Waals surface area contributed by atoms with Crippen LogP contribution in [-0.2, 0) is 9.53 Å². The van der Waals surface area contributed by atoms with E-state index >= 15 is 0 Å². The van der Waals surface area contributed by atoms with Gasteiger partial charge in [0.15, 0.2) is 0 Å². The summed E-state index contributed by atoms with van der Waals surface area (Å²) in [6.07, 6.45) is 0. The molecule has 0 aromatic heterocycles. The van der Waals surface area contributed by atoms with Gasteiger partial charge in [0.2, 0.25) is 0 Å². The van der Waals surface area contributed by atoms with Crippen LogP contribution in [0.4, 0.5) is 8.78 Å². The van der Waals surface area contributed by atoms with E-state index in [9.17, 15) is 18.4 Å². The van der Waals surface area contributed by atoms with Crippen molar-refractivity contribution in [1.29, 1.82) is 0 Å². The SMILES string of the molecule is COC(=O)C(NC(=O)c1c(F)ccc(C)c1F)C(C)C. The number of nitrogens with one attached hydrogen (secondary N) is 1. The standard InChI is InChI=1S/C14H17F2NO3/c1-7(2)12(14(19)20-4)17-13(18)10-9(15)6-5-8(3)11(10)16/h5-7,12H,1-4H3,(H,17,18). The summed E-state index contributed by atoms with van der Waals surface area (Å²) in [6.45, 7) is 4.79. The minimum Gasteiger partial charge on any atom is -0.467 e. The molecule has 0 bridgehead atoms. The van der Waals surface area contributed by atoms with Crippen LogP contribution >= 0.6 is 0 Å². The van der Waals surface area contributed by atoms with Crippen molar-refractivity contribution >= 4 is 11.9 Å². The quantitative estimate of drug-likeness (QED) is 0.863. The van der Waals surface area contributed by atoms with Crippen LogP contribution in [0.25, 0.3) is 0 Å². The number of carbonyl (C=O) groups is 2. The third-order valence-corrected chi connectivity index (χ3v) is 2.92. The van der Waals surface area contributed by atoms with Gasteiger partial charge in [0.05, 0.1) is 7.11 Å². The van der Waals surface area contributed by atoms with E-state index in [0.29, 0.717) is 0 Å². The molecule has 0 aliphatic carbocycles. The third kappa shape index (κ3) is 3.31. The molecule has 0 aliphatic heterocycles. The zero-order valence-corrected chi connectivity index (χ0v) is 11.8. The van der Waals surface area contributed by atoms with Gasteiger partial charge in [0, 0.05) is 0 Å². The fourth-order valence-corrected chi connectivity index (χ4v) is 1.70. The van der Waals surface area contributed by atoms with Crippen molar-refractivity contribution in [1.82, 2.24) is 5.32 Å². The first-order chi connectivity index (χ1) is 9.29. The van der Waals surface area contributed by atoms with Gasteiger partial charge in [-0.25, -0.2) is 13.6 Å². The van der Waals surface area contributed by atoms with Crippen molar-refractivity contribution in [3.8, 4) is 0 Å². The molecule has 0 radical (unpaired) electrons. The van der Waals surface area contributed by atoms with E-state index in [4.69, 9.17) is 0 Å². The molecule has 1 atom stereocenters. The minimum atomic E-state index is -0.979. The topological polar surface area (TPSA) is 55.4 Å². The van der Waals surface area contributed by atoms with Crippen molar-refractivity contribution < 1.29 is 23.1 Å². The summed E-state index contributed by atoms with van der Waals surface area (Å²) in [5.41, 5.74) is -0.546. The molecule has 0 saturated carbocycles. The Bertz CT molecular complexity index is 529. The molecule has 4 nitrogen and oxygen atoms in total. The lowest BCUT2D eigenvalue weighted by Crippen LogP contribution is -2.45. The van der Waals surface area contributed by atoms with Crippen LogP contribution in [-0.4, -0.2) is 25.0 Å². The summed E-state index contributed by atoms with van der Waals surface area (Å²) in [4.78, 5) is 23.5. The Morgan fingerprint density at radius 2 is 1.85 bits per heavy atom. The predicted molar refractivity (Wildman–Crippen MR) is 69.2 cm³/mol. The molecule has 0 aliphatic rings. The predicted octanol–water partition coefficient (Wildman–Crippen LogP) is 2.20. The van der Waals surface area contributed by atoms with Gasteiger partial charge in [-0.05, 0) is 24.5 Å². The Hall–Kier alpha value is -1.98. The Morgan fingerprint density at radius 1 is 1.25 bits per heavy atom. The molecule has 6 heteroatoms. The molecular weight excluding hydrogens is 268 g/mol. The summed E-state index contributed by atoms with van der Waals surface area (Å²) in [7, 11) is 1.18. The number of ether oxygens (including phenoxy) is 1. The maximum Gasteiger partial charge on any atom is 0.328 e. The Kier molecular flexibility index (Phi) is 5.19. The second-order valence-corrected chi connectivity index (χ2v) is 4.77. The number of halogens is 2. The monoisotopic (exact) mass is 285 g/mol. The minimum absolute atomic E-state index is 0.149. The summed E-state index contributed by atoms with van der Waals surface area (Å²) < 4.78 is 32.0. The number of benzene rings is 1. The maximum atomic E-state index is 13.8. The number of esters is 1. The Balaban J connectivity index is 3.07. The average molecular weight is 285 g/mol. The molecule has 1 N–H and O–H groups in total. The first kappa shape index (κ1) is 16.1. The summed E-state index contributed by atoms with van der Waals surface area (Å²) in [6, 6.07) is 1.28. The second-order valence-electron chi connectivity index (χ2n) is 4.77. The normalized spacial score (nSPS) is 12.2. The van der Waals surface area contributed by atoms with Crippen LogP contribution < -0.4 is 5.32 Å². The number of rotatable bonds is 4. The highest BCUT2D eigenvalue weighted by molar-refractivity contribution is 5.97. The van der Waals surface area contributed by atoms with E-state index in [2.05, 4.69) is 10.1 Å². The van der Waals surface area contributed by atoms with Crippen LogP contribution in [0.5, 0.6) is 0 Å². The van der Waals surface area contributed by atoms with Gasteiger partial charge in [-0.2, -0.15) is 0 Å². The smallest absolute Gasteiger partial charge is 0.328 e. The van der Waals surface area contributed by atoms with E-state index in [-0.39, 0.29) is 11.5 Å². The number of hydrogen-bond donors (Lipinski definition) is 1. The highest BCUT2D eigenvalue weighted by Crippen LogP contribution is 2.17. The lowest BCUT2D eigenvalue weighted by molar-refractivity contribution is -0.144. The van der Waals surface area contributed by atoms with Gasteiger partial charge >= 0.3 is 5.97 Å². The van der Waals surface area contributed by atoms with E-state index in [0.717, 1.165) is 6.07 Å². The molecule has 0 fully saturated rings. The van der Waals surface area contributed by atoms with Gasteiger partial charge in [0.25, 0.3) is 5.91 Å². The Labute approximate surface area is 116 Å². The number of hydrogen-bond acceptors (Lipinski definition) is 3. The summed E-state index contributed by atoms with van der Waals surface area (Å²) in [5, 5.41) is 2.30. The van der Waals surface area contributed by atoms with E-state index in [1.165, 1.54) is 20.1 Å². The van der Waals surface area contributed by atoms with Crippen molar-refractivity contribution in [3.63, 3.8) is 0 Å². The largest absolute Gasteiger partial charge is 0.467 e. The lowest BCUT2D eigenvalue weighted by Gasteiger charge is -2.20.